The van der Waals surface area contributed by atoms with Crippen LogP contribution in [0.25, 0.3) is 27.5 Å². The number of hydroxylamine groups is 1. The zero-order valence-corrected chi connectivity index (χ0v) is 16.4. The fourth-order valence-electron chi connectivity index (χ4n) is 3.26. The van der Waals surface area contributed by atoms with Crippen LogP contribution < -0.4 is 10.8 Å². The summed E-state index contributed by atoms with van der Waals surface area (Å²) in [6.07, 6.45) is -2.41. The molecule has 12 heteroatoms. The first-order valence-corrected chi connectivity index (χ1v) is 9.24. The third-order valence-electron chi connectivity index (χ3n) is 4.63. The van der Waals surface area contributed by atoms with E-state index in [4.69, 9.17) is 5.41 Å². The average molecular weight is 459 g/mol. The topological polar surface area (TPSA) is 109 Å². The number of nitrogens with zero attached hydrogens (tertiary/aromatic N) is 2. The predicted molar refractivity (Wildman–Crippen MR) is 109 cm³/mol. The highest BCUT2D eigenvalue weighted by Crippen LogP contribution is 2.29. The normalized spacial score (nSPS) is 11.4. The zero-order valence-electron chi connectivity index (χ0n) is 16.4. The second-order valence-electron chi connectivity index (χ2n) is 6.71. The van der Waals surface area contributed by atoms with Crippen LogP contribution in [0.1, 0.15) is 10.4 Å². The van der Waals surface area contributed by atoms with Crippen molar-refractivity contribution >= 4 is 39.6 Å². The zero-order chi connectivity index (χ0) is 23.8. The van der Waals surface area contributed by atoms with Crippen molar-refractivity contribution in [3.05, 3.63) is 72.3 Å². The molecular formula is C21H13F4N5O3. The Morgan fingerprint density at radius 3 is 2.52 bits per heavy atom. The third-order valence-corrected chi connectivity index (χ3v) is 4.63. The van der Waals surface area contributed by atoms with E-state index in [-0.39, 0.29) is 11.1 Å². The Bertz CT molecular complexity index is 1410. The number of amides is 1. The third kappa shape index (κ3) is 4.18. The maximum Gasteiger partial charge on any atom is 0.493 e. The van der Waals surface area contributed by atoms with Crippen molar-refractivity contribution in [2.75, 3.05) is 0 Å². The van der Waals surface area contributed by atoms with Gasteiger partial charge < -0.3 is 9.40 Å². The van der Waals surface area contributed by atoms with Gasteiger partial charge in [-0.25, -0.2) is 9.18 Å². The van der Waals surface area contributed by atoms with Gasteiger partial charge in [0.05, 0.1) is 16.8 Å². The number of rotatable bonds is 2. The van der Waals surface area contributed by atoms with Crippen LogP contribution in [-0.4, -0.2) is 33.6 Å². The van der Waals surface area contributed by atoms with Crippen LogP contribution in [0.4, 0.5) is 17.6 Å². The highest BCUT2D eigenvalue weighted by atomic mass is 19.4. The predicted octanol–water partition coefficient (Wildman–Crippen LogP) is 3.59. The average Bonchev–Trinajstić information content (AvgIpc) is 3.16. The highest BCUT2D eigenvalue weighted by molar-refractivity contribution is 6.13. The summed E-state index contributed by atoms with van der Waals surface area (Å²) in [6.45, 7) is 0. The molecule has 168 valence electrons. The number of carbonyl (C=O) groups excluding carboxylic acids is 2. The molecule has 0 aliphatic rings. The lowest BCUT2D eigenvalue weighted by atomic mass is 10.1. The van der Waals surface area contributed by atoms with Gasteiger partial charge in [0, 0.05) is 23.2 Å². The molecule has 0 atom stereocenters. The summed E-state index contributed by atoms with van der Waals surface area (Å²) in [5.74, 6) is -4.92. The first-order chi connectivity index (χ1) is 15.7. The Hall–Kier alpha value is -4.48. The Kier molecular flexibility index (Phi) is 5.42. The minimum absolute atomic E-state index is 0.0701. The molecule has 0 saturated heterocycles. The number of para-hydroxylation sites is 2. The van der Waals surface area contributed by atoms with Crippen molar-refractivity contribution < 1.29 is 32.0 Å². The van der Waals surface area contributed by atoms with Crippen LogP contribution in [0.5, 0.6) is 0 Å². The lowest BCUT2D eigenvalue weighted by Crippen LogP contribution is -2.43. The van der Waals surface area contributed by atoms with Gasteiger partial charge in [-0.2, -0.15) is 18.7 Å². The highest BCUT2D eigenvalue weighted by Gasteiger charge is 2.41. The molecule has 4 aromatic rings. The molecular weight excluding hydrogens is 446 g/mol. The van der Waals surface area contributed by atoms with Gasteiger partial charge in [0.2, 0.25) is 5.96 Å². The van der Waals surface area contributed by atoms with E-state index in [0.717, 1.165) is 0 Å². The van der Waals surface area contributed by atoms with Crippen molar-refractivity contribution in [3.8, 4) is 5.69 Å². The molecule has 4 rings (SSSR count). The molecule has 0 radical (unpaired) electrons. The molecule has 2 aromatic carbocycles. The first kappa shape index (κ1) is 21.7. The van der Waals surface area contributed by atoms with Gasteiger partial charge in [0.15, 0.2) is 0 Å². The van der Waals surface area contributed by atoms with E-state index in [9.17, 15) is 27.2 Å². The van der Waals surface area contributed by atoms with Gasteiger partial charge in [0.25, 0.3) is 5.91 Å². The molecule has 2 heterocycles. The molecule has 0 unspecified atom stereocenters. The van der Waals surface area contributed by atoms with Crippen LogP contribution in [0.15, 0.2) is 60.9 Å². The van der Waals surface area contributed by atoms with E-state index in [1.807, 2.05) is 5.32 Å². The van der Waals surface area contributed by atoms with Gasteiger partial charge in [-0.05, 0) is 18.2 Å². The van der Waals surface area contributed by atoms with Crippen LogP contribution >= 0.6 is 0 Å². The lowest BCUT2D eigenvalue weighted by molar-refractivity contribution is -0.204. The summed E-state index contributed by atoms with van der Waals surface area (Å²) in [7, 11) is 0. The van der Waals surface area contributed by atoms with Crippen LogP contribution in [-0.2, 0) is 9.63 Å². The van der Waals surface area contributed by atoms with E-state index in [2.05, 4.69) is 9.82 Å². The molecule has 33 heavy (non-hydrogen) atoms. The van der Waals surface area contributed by atoms with Crippen molar-refractivity contribution in [1.29, 1.82) is 5.41 Å². The summed E-state index contributed by atoms with van der Waals surface area (Å²) >= 11 is 0. The van der Waals surface area contributed by atoms with E-state index in [1.54, 1.807) is 41.0 Å². The molecule has 0 fully saturated rings. The number of nitrogens with one attached hydrogen (secondary N) is 3. The number of halogens is 4. The van der Waals surface area contributed by atoms with Crippen LogP contribution in [0, 0.1) is 11.2 Å². The fourth-order valence-corrected chi connectivity index (χ4v) is 3.26. The monoisotopic (exact) mass is 459 g/mol. The molecule has 3 N–H and O–H groups in total. The summed E-state index contributed by atoms with van der Waals surface area (Å²) in [5, 5.41) is 10.5. The maximum absolute atomic E-state index is 14.2. The fraction of sp³-hybridized carbons (Fsp3) is 0.0476. The van der Waals surface area contributed by atoms with Crippen molar-refractivity contribution in [1.82, 2.24) is 20.3 Å². The van der Waals surface area contributed by atoms with Crippen LogP contribution in [0.3, 0.4) is 0 Å². The summed E-state index contributed by atoms with van der Waals surface area (Å²) in [5.41, 5.74) is 2.74. The molecule has 0 spiro atoms. The molecule has 0 aliphatic heterocycles. The Labute approximate surface area is 182 Å². The molecule has 8 nitrogen and oxygen atoms in total. The van der Waals surface area contributed by atoms with E-state index in [1.165, 1.54) is 30.0 Å². The number of carbonyl (C=O) groups is 2. The number of pyridine rings is 1. The summed E-state index contributed by atoms with van der Waals surface area (Å²) in [4.78, 5) is 31.2. The van der Waals surface area contributed by atoms with Gasteiger partial charge in [-0.3, -0.25) is 20.5 Å². The van der Waals surface area contributed by atoms with Crippen molar-refractivity contribution in [2.45, 2.75) is 6.18 Å². The summed E-state index contributed by atoms with van der Waals surface area (Å²) < 4.78 is 52.4. The Balaban J connectivity index is 1.68. The van der Waals surface area contributed by atoms with Crippen LogP contribution in [0.2, 0.25) is 0 Å². The second kappa shape index (κ2) is 8.22. The number of benzene rings is 2. The smallest absolute Gasteiger partial charge is 0.332 e. The Morgan fingerprint density at radius 1 is 1.03 bits per heavy atom. The molecule has 0 saturated carbocycles. The molecule has 2 aromatic heterocycles. The number of hydrogen-bond donors (Lipinski definition) is 3. The minimum Gasteiger partial charge on any atom is -0.332 e. The molecule has 1 amide bonds. The SMILES string of the molecule is N=C(NOC(=O)C(F)(F)F)NC(=O)c1cn(-c2ccnc3c(F)cccc23)c2ccccc12. The lowest BCUT2D eigenvalue weighted by Gasteiger charge is -2.10. The molecule has 0 bridgehead atoms. The Morgan fingerprint density at radius 2 is 1.76 bits per heavy atom. The number of fused-ring (bicyclic) bond motifs is 2. The van der Waals surface area contributed by atoms with Gasteiger partial charge >= 0.3 is 12.1 Å². The maximum atomic E-state index is 14.2. The minimum atomic E-state index is -5.27. The van der Waals surface area contributed by atoms with Crippen molar-refractivity contribution in [2.24, 2.45) is 0 Å². The number of guanidine groups is 1. The van der Waals surface area contributed by atoms with E-state index >= 15 is 0 Å². The van der Waals surface area contributed by atoms with Gasteiger partial charge in [-0.1, -0.05) is 30.3 Å². The number of alkyl halides is 3. The van der Waals surface area contributed by atoms with Gasteiger partial charge in [0.1, 0.15) is 11.3 Å². The largest absolute Gasteiger partial charge is 0.493 e. The number of hydrogen-bond acceptors (Lipinski definition) is 5. The summed E-state index contributed by atoms with van der Waals surface area (Å²) in [6, 6.07) is 12.8. The first-order valence-electron chi connectivity index (χ1n) is 9.24. The number of aromatic nitrogens is 2. The van der Waals surface area contributed by atoms with E-state index in [0.29, 0.717) is 22.0 Å². The van der Waals surface area contributed by atoms with Gasteiger partial charge in [-0.15, -0.1) is 0 Å². The standard InChI is InChI=1S/C21H13F4N5O3/c22-14-6-3-5-12-16(8-9-27-17(12)14)30-10-13(11-4-1-2-7-15(11)30)18(31)28-20(26)29-33-19(32)21(23,24)25/h1-10H,(H3,26,28,29,31). The second-order valence-corrected chi connectivity index (χ2v) is 6.71. The van der Waals surface area contributed by atoms with Crippen molar-refractivity contribution in [3.63, 3.8) is 0 Å². The van der Waals surface area contributed by atoms with E-state index < -0.39 is 29.8 Å². The quantitative estimate of drug-likeness (QED) is 0.184. The molecule has 0 aliphatic carbocycles.